The third-order valence-corrected chi connectivity index (χ3v) is 3.13. The van der Waals surface area contributed by atoms with Gasteiger partial charge in [0.15, 0.2) is 0 Å². The minimum absolute atomic E-state index is 0.218. The summed E-state index contributed by atoms with van der Waals surface area (Å²) in [6, 6.07) is 0.814. The molecular formula is C13H24N2O2. The van der Waals surface area contributed by atoms with Crippen molar-refractivity contribution >= 4 is 5.97 Å². The lowest BCUT2D eigenvalue weighted by atomic mass is 10.2. The molecule has 98 valence electrons. The second kappa shape index (κ2) is 7.45. The van der Waals surface area contributed by atoms with E-state index < -0.39 is 0 Å². The van der Waals surface area contributed by atoms with Crippen LogP contribution < -0.4 is 5.32 Å². The van der Waals surface area contributed by atoms with Crippen LogP contribution in [0.5, 0.6) is 0 Å². The van der Waals surface area contributed by atoms with Crippen molar-refractivity contribution < 1.29 is 9.53 Å². The van der Waals surface area contributed by atoms with Crippen LogP contribution in [0.4, 0.5) is 0 Å². The van der Waals surface area contributed by atoms with Crippen molar-refractivity contribution in [3.05, 3.63) is 11.6 Å². The van der Waals surface area contributed by atoms with Crippen LogP contribution in [0.15, 0.2) is 11.6 Å². The van der Waals surface area contributed by atoms with E-state index in [1.165, 1.54) is 20.0 Å². The highest BCUT2D eigenvalue weighted by Gasteiger charge is 2.25. The molecule has 1 saturated carbocycles. The minimum atomic E-state index is -0.218. The number of nitrogens with one attached hydrogen (secondary N) is 1. The van der Waals surface area contributed by atoms with E-state index in [0.29, 0.717) is 0 Å². The Morgan fingerprint density at radius 1 is 1.53 bits per heavy atom. The second-order valence-electron chi connectivity index (χ2n) is 4.49. The fraction of sp³-hybridized carbons (Fsp3) is 0.769. The van der Waals surface area contributed by atoms with Gasteiger partial charge in [0.05, 0.1) is 7.11 Å². The maximum atomic E-state index is 11.3. The van der Waals surface area contributed by atoms with Crippen LogP contribution in [0.1, 0.15) is 26.2 Å². The number of methoxy groups -OCH3 is 1. The predicted octanol–water partition coefficient (Wildman–Crippen LogP) is 1.18. The molecule has 0 bridgehead atoms. The summed E-state index contributed by atoms with van der Waals surface area (Å²) >= 11 is 0. The first-order valence-electron chi connectivity index (χ1n) is 6.37. The summed E-state index contributed by atoms with van der Waals surface area (Å²) in [7, 11) is 3.59. The highest BCUT2D eigenvalue weighted by Crippen LogP contribution is 2.24. The summed E-state index contributed by atoms with van der Waals surface area (Å²) in [5.74, 6) is -0.218. The SMILES string of the molecule is CCC(=CCNCCN(C)C1CC1)C(=O)OC. The lowest BCUT2D eigenvalue weighted by molar-refractivity contribution is -0.136. The molecule has 0 aromatic heterocycles. The molecule has 17 heavy (non-hydrogen) atoms. The van der Waals surface area contributed by atoms with Crippen LogP contribution in [0.2, 0.25) is 0 Å². The minimum Gasteiger partial charge on any atom is -0.466 e. The Labute approximate surface area is 104 Å². The van der Waals surface area contributed by atoms with Gasteiger partial charge < -0.3 is 15.0 Å². The maximum absolute atomic E-state index is 11.3. The van der Waals surface area contributed by atoms with E-state index in [-0.39, 0.29) is 5.97 Å². The van der Waals surface area contributed by atoms with Gasteiger partial charge in [0.2, 0.25) is 0 Å². The summed E-state index contributed by atoms with van der Waals surface area (Å²) in [5.41, 5.74) is 0.746. The Balaban J connectivity index is 2.12. The van der Waals surface area contributed by atoms with Gasteiger partial charge in [-0.05, 0) is 26.3 Å². The van der Waals surface area contributed by atoms with E-state index in [4.69, 9.17) is 4.74 Å². The lowest BCUT2D eigenvalue weighted by Crippen LogP contribution is -2.30. The molecule has 1 aliphatic carbocycles. The number of ether oxygens (including phenoxy) is 1. The first-order chi connectivity index (χ1) is 8.19. The standard InChI is InChI=1S/C13H24N2O2/c1-4-11(13(16)17-3)7-8-14-9-10-15(2)12-5-6-12/h7,12,14H,4-6,8-10H2,1-3H3. The van der Waals surface area contributed by atoms with E-state index in [2.05, 4.69) is 17.3 Å². The van der Waals surface area contributed by atoms with Crippen molar-refractivity contribution in [3.63, 3.8) is 0 Å². The molecule has 0 aliphatic heterocycles. The van der Waals surface area contributed by atoms with Crippen LogP contribution in [0.3, 0.4) is 0 Å². The average molecular weight is 240 g/mol. The van der Waals surface area contributed by atoms with Crippen LogP contribution in [0.25, 0.3) is 0 Å². The number of esters is 1. The highest BCUT2D eigenvalue weighted by atomic mass is 16.5. The van der Waals surface area contributed by atoms with Crippen molar-refractivity contribution in [2.75, 3.05) is 33.8 Å². The number of hydrogen-bond acceptors (Lipinski definition) is 4. The molecule has 0 amide bonds. The quantitative estimate of drug-likeness (QED) is 0.393. The molecule has 1 fully saturated rings. The van der Waals surface area contributed by atoms with Gasteiger partial charge >= 0.3 is 5.97 Å². The fourth-order valence-corrected chi connectivity index (χ4v) is 1.75. The van der Waals surface area contributed by atoms with Gasteiger partial charge in [-0.25, -0.2) is 4.79 Å². The Hall–Kier alpha value is -0.870. The predicted molar refractivity (Wildman–Crippen MR) is 68.9 cm³/mol. The van der Waals surface area contributed by atoms with E-state index >= 15 is 0 Å². The number of nitrogens with zero attached hydrogens (tertiary/aromatic N) is 1. The summed E-state index contributed by atoms with van der Waals surface area (Å²) < 4.78 is 4.69. The van der Waals surface area contributed by atoms with Gasteiger partial charge in [-0.3, -0.25) is 0 Å². The van der Waals surface area contributed by atoms with Crippen LogP contribution >= 0.6 is 0 Å². The second-order valence-corrected chi connectivity index (χ2v) is 4.49. The maximum Gasteiger partial charge on any atom is 0.333 e. The van der Waals surface area contributed by atoms with Crippen molar-refractivity contribution in [3.8, 4) is 0 Å². The molecule has 0 saturated heterocycles. The molecule has 0 unspecified atom stereocenters. The van der Waals surface area contributed by atoms with E-state index in [0.717, 1.165) is 37.7 Å². The Bertz CT molecular complexity index is 273. The van der Waals surface area contributed by atoms with Gasteiger partial charge in [0.1, 0.15) is 0 Å². The molecule has 4 nitrogen and oxygen atoms in total. The summed E-state index contributed by atoms with van der Waals surface area (Å²) in [4.78, 5) is 13.7. The van der Waals surface area contributed by atoms with Crippen LogP contribution in [-0.4, -0.2) is 50.7 Å². The molecule has 4 heteroatoms. The van der Waals surface area contributed by atoms with Gasteiger partial charge in [-0.2, -0.15) is 0 Å². The molecule has 0 heterocycles. The molecule has 0 atom stereocenters. The van der Waals surface area contributed by atoms with E-state index in [1.54, 1.807) is 0 Å². The molecule has 0 aromatic rings. The highest BCUT2D eigenvalue weighted by molar-refractivity contribution is 5.88. The largest absolute Gasteiger partial charge is 0.466 e. The zero-order chi connectivity index (χ0) is 12.7. The van der Waals surface area contributed by atoms with E-state index in [1.807, 2.05) is 13.0 Å². The zero-order valence-electron chi connectivity index (χ0n) is 11.2. The zero-order valence-corrected chi connectivity index (χ0v) is 11.2. The molecular weight excluding hydrogens is 216 g/mol. The number of rotatable bonds is 8. The topological polar surface area (TPSA) is 41.6 Å². The average Bonchev–Trinajstić information content (AvgIpc) is 3.16. The van der Waals surface area contributed by atoms with Gasteiger partial charge in [0, 0.05) is 31.2 Å². The first-order valence-corrected chi connectivity index (χ1v) is 6.37. The molecule has 0 radical (unpaired) electrons. The van der Waals surface area contributed by atoms with Gasteiger partial charge in [-0.1, -0.05) is 13.0 Å². The Morgan fingerprint density at radius 3 is 2.76 bits per heavy atom. The van der Waals surface area contributed by atoms with Gasteiger partial charge in [0.25, 0.3) is 0 Å². The molecule has 1 rings (SSSR count). The van der Waals surface area contributed by atoms with Crippen molar-refractivity contribution in [2.45, 2.75) is 32.2 Å². The number of hydrogen-bond donors (Lipinski definition) is 1. The normalized spacial score (nSPS) is 16.4. The summed E-state index contributed by atoms with van der Waals surface area (Å²) in [6.45, 7) is 4.72. The summed E-state index contributed by atoms with van der Waals surface area (Å²) in [6.07, 6.45) is 5.33. The number of likely N-dealkylation sites (N-methyl/N-ethyl adjacent to an activating group) is 1. The van der Waals surface area contributed by atoms with E-state index in [9.17, 15) is 4.79 Å². The summed E-state index contributed by atoms with van der Waals surface area (Å²) in [5, 5.41) is 3.32. The molecule has 0 spiro atoms. The Morgan fingerprint density at radius 2 is 2.24 bits per heavy atom. The van der Waals surface area contributed by atoms with Crippen molar-refractivity contribution in [2.24, 2.45) is 0 Å². The van der Waals surface area contributed by atoms with Gasteiger partial charge in [-0.15, -0.1) is 0 Å². The fourth-order valence-electron chi connectivity index (χ4n) is 1.75. The van der Waals surface area contributed by atoms with Crippen LogP contribution in [0, 0.1) is 0 Å². The molecule has 0 aromatic carbocycles. The number of carbonyl (C=O) groups is 1. The van der Waals surface area contributed by atoms with Crippen LogP contribution in [-0.2, 0) is 9.53 Å². The van der Waals surface area contributed by atoms with Crippen molar-refractivity contribution in [1.29, 1.82) is 0 Å². The third kappa shape index (κ3) is 5.33. The lowest BCUT2D eigenvalue weighted by Gasteiger charge is -2.15. The van der Waals surface area contributed by atoms with Crippen molar-refractivity contribution in [1.82, 2.24) is 10.2 Å². The molecule has 1 aliphatic rings. The monoisotopic (exact) mass is 240 g/mol. The Kier molecular flexibility index (Phi) is 6.22. The first kappa shape index (κ1) is 14.2. The molecule has 1 N–H and O–H groups in total. The third-order valence-electron chi connectivity index (χ3n) is 3.13. The smallest absolute Gasteiger partial charge is 0.333 e. The number of carbonyl (C=O) groups excluding carboxylic acids is 1.